The first-order chi connectivity index (χ1) is 9.40. The molecule has 0 saturated heterocycles. The van der Waals surface area contributed by atoms with Crippen LogP contribution >= 0.6 is 0 Å². The van der Waals surface area contributed by atoms with Crippen LogP contribution in [0.5, 0.6) is 0 Å². The number of hydrogen-bond donors (Lipinski definition) is 1. The second-order valence-electron chi connectivity index (χ2n) is 5.77. The van der Waals surface area contributed by atoms with Gasteiger partial charge >= 0.3 is 0 Å². The fourth-order valence-corrected chi connectivity index (χ4v) is 3.05. The second-order valence-corrected chi connectivity index (χ2v) is 10.2. The summed E-state index contributed by atoms with van der Waals surface area (Å²) in [5.74, 6) is -0.00541. The van der Waals surface area contributed by atoms with Crippen LogP contribution < -0.4 is 5.32 Å². The molecule has 112 valence electrons. The van der Waals surface area contributed by atoms with E-state index in [1.807, 2.05) is 30.3 Å². The van der Waals surface area contributed by atoms with Gasteiger partial charge < -0.3 is 14.5 Å². The molecular formula is C15H25NO3Si. The number of amides is 1. The van der Waals surface area contributed by atoms with Crippen LogP contribution in [0.15, 0.2) is 30.3 Å². The van der Waals surface area contributed by atoms with Crippen molar-refractivity contribution in [2.45, 2.75) is 38.7 Å². The molecular weight excluding hydrogens is 270 g/mol. The number of carbonyl (C=O) groups excluding carboxylic acids is 1. The van der Waals surface area contributed by atoms with Crippen LogP contribution in [0.1, 0.15) is 12.0 Å². The Morgan fingerprint density at radius 3 is 2.45 bits per heavy atom. The molecule has 0 fully saturated rings. The second kappa shape index (κ2) is 8.19. The normalized spacial score (nSPS) is 13.0. The van der Waals surface area contributed by atoms with E-state index in [1.54, 1.807) is 7.11 Å². The van der Waals surface area contributed by atoms with Gasteiger partial charge in [-0.25, -0.2) is 0 Å². The van der Waals surface area contributed by atoms with E-state index in [1.165, 1.54) is 0 Å². The first kappa shape index (κ1) is 16.9. The zero-order valence-corrected chi connectivity index (χ0v) is 13.8. The maximum atomic E-state index is 12.0. The minimum Gasteiger partial charge on any atom is -0.412 e. The molecule has 1 unspecified atom stereocenters. The molecule has 4 nitrogen and oxygen atoms in total. The standard InChI is InChI=1S/C15H25NO3Si/c1-18-12-14(19-20(2,3)4)10-15(17)16-11-13-8-6-5-7-9-13/h5-9,14H,10-12H2,1-4H3,(H,16,17). The topological polar surface area (TPSA) is 47.6 Å². The van der Waals surface area contributed by atoms with Crippen LogP contribution in [0.4, 0.5) is 0 Å². The lowest BCUT2D eigenvalue weighted by Crippen LogP contribution is -2.38. The van der Waals surface area contributed by atoms with Crippen molar-refractivity contribution in [1.29, 1.82) is 0 Å². The van der Waals surface area contributed by atoms with E-state index in [0.29, 0.717) is 19.6 Å². The molecule has 1 atom stereocenters. The third kappa shape index (κ3) is 7.42. The van der Waals surface area contributed by atoms with E-state index in [9.17, 15) is 4.79 Å². The molecule has 0 aliphatic carbocycles. The zero-order chi connectivity index (χ0) is 15.0. The average molecular weight is 295 g/mol. The molecule has 0 saturated carbocycles. The number of nitrogens with one attached hydrogen (secondary N) is 1. The van der Waals surface area contributed by atoms with Gasteiger partial charge in [0.25, 0.3) is 0 Å². The summed E-state index contributed by atoms with van der Waals surface area (Å²) in [4.78, 5) is 12.0. The van der Waals surface area contributed by atoms with Crippen molar-refractivity contribution in [2.75, 3.05) is 13.7 Å². The Hall–Kier alpha value is -1.17. The summed E-state index contributed by atoms with van der Waals surface area (Å²) in [6, 6.07) is 9.87. The highest BCUT2D eigenvalue weighted by Gasteiger charge is 2.23. The van der Waals surface area contributed by atoms with E-state index >= 15 is 0 Å². The van der Waals surface area contributed by atoms with E-state index in [0.717, 1.165) is 5.56 Å². The Morgan fingerprint density at radius 2 is 1.90 bits per heavy atom. The quantitative estimate of drug-likeness (QED) is 0.750. The van der Waals surface area contributed by atoms with E-state index in [2.05, 4.69) is 25.0 Å². The highest BCUT2D eigenvalue weighted by atomic mass is 28.4. The van der Waals surface area contributed by atoms with Gasteiger partial charge in [0.1, 0.15) is 0 Å². The van der Waals surface area contributed by atoms with Gasteiger partial charge in [0.05, 0.1) is 19.1 Å². The predicted octanol–water partition coefficient (Wildman–Crippen LogP) is 2.56. The first-order valence-corrected chi connectivity index (χ1v) is 10.3. The number of ether oxygens (including phenoxy) is 1. The fourth-order valence-electron chi connectivity index (χ4n) is 1.90. The van der Waals surface area contributed by atoms with E-state index in [4.69, 9.17) is 9.16 Å². The number of benzene rings is 1. The van der Waals surface area contributed by atoms with Crippen LogP contribution in [0.3, 0.4) is 0 Å². The largest absolute Gasteiger partial charge is 0.412 e. The molecule has 20 heavy (non-hydrogen) atoms. The molecule has 0 radical (unpaired) electrons. The molecule has 0 heterocycles. The number of carbonyl (C=O) groups is 1. The average Bonchev–Trinajstić information content (AvgIpc) is 2.36. The Kier molecular flexibility index (Phi) is 6.91. The molecule has 0 bridgehead atoms. The lowest BCUT2D eigenvalue weighted by Gasteiger charge is -2.25. The molecule has 1 amide bonds. The molecule has 1 rings (SSSR count). The SMILES string of the molecule is COCC(CC(=O)NCc1ccccc1)O[Si](C)(C)C. The van der Waals surface area contributed by atoms with Crippen LogP contribution in [0, 0.1) is 0 Å². The summed E-state index contributed by atoms with van der Waals surface area (Å²) < 4.78 is 11.1. The predicted molar refractivity (Wildman–Crippen MR) is 83.0 cm³/mol. The molecule has 0 aromatic heterocycles. The van der Waals surface area contributed by atoms with Crippen molar-refractivity contribution < 1.29 is 14.0 Å². The van der Waals surface area contributed by atoms with Crippen molar-refractivity contribution in [3.63, 3.8) is 0 Å². The number of methoxy groups -OCH3 is 1. The van der Waals surface area contributed by atoms with Crippen molar-refractivity contribution in [3.8, 4) is 0 Å². The van der Waals surface area contributed by atoms with Gasteiger partial charge in [0.2, 0.25) is 5.91 Å². The Morgan fingerprint density at radius 1 is 1.25 bits per heavy atom. The smallest absolute Gasteiger partial charge is 0.222 e. The van der Waals surface area contributed by atoms with Crippen LogP contribution in [-0.4, -0.2) is 34.0 Å². The summed E-state index contributed by atoms with van der Waals surface area (Å²) in [5.41, 5.74) is 1.09. The van der Waals surface area contributed by atoms with Crippen LogP contribution in [0.25, 0.3) is 0 Å². The van der Waals surface area contributed by atoms with Gasteiger partial charge in [-0.05, 0) is 25.2 Å². The molecule has 5 heteroatoms. The van der Waals surface area contributed by atoms with Crippen LogP contribution in [0.2, 0.25) is 19.6 Å². The third-order valence-corrected chi connectivity index (χ3v) is 3.66. The lowest BCUT2D eigenvalue weighted by molar-refractivity contribution is -0.123. The Labute approximate surface area is 122 Å². The monoisotopic (exact) mass is 295 g/mol. The number of hydrogen-bond acceptors (Lipinski definition) is 3. The molecule has 1 aromatic carbocycles. The minimum atomic E-state index is -1.67. The van der Waals surface area contributed by atoms with Gasteiger partial charge in [0.15, 0.2) is 8.32 Å². The summed E-state index contributed by atoms with van der Waals surface area (Å²) in [7, 11) is -0.0438. The molecule has 0 aliphatic rings. The van der Waals surface area contributed by atoms with Gasteiger partial charge in [-0.1, -0.05) is 30.3 Å². The highest BCUT2D eigenvalue weighted by Crippen LogP contribution is 2.10. The first-order valence-electron chi connectivity index (χ1n) is 6.88. The number of rotatable bonds is 8. The minimum absolute atomic E-state index is 0.00541. The van der Waals surface area contributed by atoms with Gasteiger partial charge in [-0.2, -0.15) is 0 Å². The van der Waals surface area contributed by atoms with Gasteiger partial charge in [0, 0.05) is 13.7 Å². The van der Waals surface area contributed by atoms with E-state index in [-0.39, 0.29) is 12.0 Å². The maximum Gasteiger partial charge on any atom is 0.222 e. The lowest BCUT2D eigenvalue weighted by atomic mass is 10.2. The fraction of sp³-hybridized carbons (Fsp3) is 0.533. The Balaban J connectivity index is 2.41. The zero-order valence-electron chi connectivity index (χ0n) is 12.8. The van der Waals surface area contributed by atoms with Crippen molar-refractivity contribution in [1.82, 2.24) is 5.32 Å². The highest BCUT2D eigenvalue weighted by molar-refractivity contribution is 6.69. The van der Waals surface area contributed by atoms with Crippen molar-refractivity contribution >= 4 is 14.2 Å². The summed E-state index contributed by atoms with van der Waals surface area (Å²) in [6.07, 6.45) is 0.174. The maximum absolute atomic E-state index is 12.0. The van der Waals surface area contributed by atoms with E-state index < -0.39 is 8.32 Å². The Bertz CT molecular complexity index is 403. The van der Waals surface area contributed by atoms with Gasteiger partial charge in [-0.3, -0.25) is 4.79 Å². The molecule has 1 N–H and O–H groups in total. The summed E-state index contributed by atoms with van der Waals surface area (Å²) in [5, 5.41) is 2.91. The third-order valence-electron chi connectivity index (χ3n) is 2.62. The summed E-state index contributed by atoms with van der Waals surface area (Å²) in [6.45, 7) is 7.32. The van der Waals surface area contributed by atoms with Crippen molar-refractivity contribution in [2.24, 2.45) is 0 Å². The molecule has 0 spiro atoms. The van der Waals surface area contributed by atoms with Crippen LogP contribution in [-0.2, 0) is 20.5 Å². The van der Waals surface area contributed by atoms with Gasteiger partial charge in [-0.15, -0.1) is 0 Å². The van der Waals surface area contributed by atoms with Crippen molar-refractivity contribution in [3.05, 3.63) is 35.9 Å². The summed E-state index contributed by atoms with van der Waals surface area (Å²) >= 11 is 0. The molecule has 1 aromatic rings. The molecule has 0 aliphatic heterocycles.